The van der Waals surface area contributed by atoms with Crippen LogP contribution < -0.4 is 11.2 Å². The van der Waals surface area contributed by atoms with Gasteiger partial charge in [-0.15, -0.1) is 0 Å². The molecule has 2 rings (SSSR count). The summed E-state index contributed by atoms with van der Waals surface area (Å²) in [6, 6.07) is 0. The fourth-order valence-corrected chi connectivity index (χ4v) is 2.30. The van der Waals surface area contributed by atoms with Crippen LogP contribution in [0.1, 0.15) is 11.8 Å². The maximum atomic E-state index is 11.6. The van der Waals surface area contributed by atoms with E-state index in [0.29, 0.717) is 0 Å². The highest BCUT2D eigenvalue weighted by Crippen LogP contribution is 2.27. The molecule has 13 nitrogen and oxygen atoms in total. The third kappa shape index (κ3) is 5.52. The smallest absolute Gasteiger partial charge is 0.330 e. The summed E-state index contributed by atoms with van der Waals surface area (Å²) in [7, 11) is 0. The molecule has 0 saturated carbocycles. The lowest BCUT2D eigenvalue weighted by atomic mass is 10.1. The summed E-state index contributed by atoms with van der Waals surface area (Å²) in [5.74, 6) is 0. The number of carbonyl (C=O) groups is 1. The first-order chi connectivity index (χ1) is 13.1. The number of aromatic amines is 1. The van der Waals surface area contributed by atoms with Crippen molar-refractivity contribution in [1.29, 1.82) is 0 Å². The third-order valence-corrected chi connectivity index (χ3v) is 4.01. The van der Waals surface area contributed by atoms with E-state index in [9.17, 15) is 24.6 Å². The number of aromatic nitrogens is 2. The maximum absolute atomic E-state index is 11.6. The average molecular weight is 408 g/mol. The quantitative estimate of drug-likeness (QED) is 0.208. The summed E-state index contributed by atoms with van der Waals surface area (Å²) in [4.78, 5) is 34.6. The minimum Gasteiger partial charge on any atom is -0.394 e. The van der Waals surface area contributed by atoms with Gasteiger partial charge in [-0.2, -0.15) is 0 Å². The molecule has 1 aliphatic rings. The zero-order valence-electron chi connectivity index (χ0n) is 14.8. The van der Waals surface area contributed by atoms with E-state index in [0.717, 1.165) is 4.57 Å². The van der Waals surface area contributed by atoms with Crippen LogP contribution >= 0.6 is 0 Å². The van der Waals surface area contributed by atoms with E-state index in [1.807, 2.05) is 0 Å². The molecule has 0 spiro atoms. The van der Waals surface area contributed by atoms with Crippen molar-refractivity contribution >= 4 is 6.29 Å². The highest BCUT2D eigenvalue weighted by molar-refractivity contribution is 5.56. The Labute approximate surface area is 157 Å². The van der Waals surface area contributed by atoms with E-state index >= 15 is 0 Å². The molecule has 1 fully saturated rings. The lowest BCUT2D eigenvalue weighted by molar-refractivity contribution is -0.127. The van der Waals surface area contributed by atoms with E-state index in [1.165, 1.54) is 13.1 Å². The van der Waals surface area contributed by atoms with Crippen molar-refractivity contribution in [3.05, 3.63) is 32.6 Å². The van der Waals surface area contributed by atoms with Gasteiger partial charge in [0.25, 0.3) is 5.56 Å². The summed E-state index contributed by atoms with van der Waals surface area (Å²) in [6.07, 6.45) is -8.15. The van der Waals surface area contributed by atoms with E-state index in [-0.39, 0.29) is 11.8 Å². The zero-order chi connectivity index (χ0) is 21.6. The summed E-state index contributed by atoms with van der Waals surface area (Å²) in [5.41, 5.74) is -1.00. The molecule has 1 aromatic rings. The Morgan fingerprint density at radius 1 is 1.21 bits per heavy atom. The van der Waals surface area contributed by atoms with Crippen molar-refractivity contribution in [2.45, 2.75) is 49.8 Å². The predicted molar refractivity (Wildman–Crippen MR) is 90.2 cm³/mol. The summed E-state index contributed by atoms with van der Waals surface area (Å²) in [6.45, 7) is 0.327. The number of H-pyrrole nitrogens is 1. The Hall–Kier alpha value is -1.97. The van der Waals surface area contributed by atoms with Gasteiger partial charge in [-0.1, -0.05) is 0 Å². The van der Waals surface area contributed by atoms with Crippen molar-refractivity contribution in [3.63, 3.8) is 0 Å². The van der Waals surface area contributed by atoms with E-state index in [2.05, 4.69) is 4.98 Å². The molecule has 0 aromatic carbocycles. The molecule has 1 aromatic heterocycles. The number of hydrogen-bond donors (Lipinski definition) is 8. The first-order valence-corrected chi connectivity index (χ1v) is 8.13. The highest BCUT2D eigenvalue weighted by Gasteiger charge is 2.43. The molecular weight excluding hydrogens is 384 g/mol. The molecule has 1 aliphatic heterocycles. The van der Waals surface area contributed by atoms with Crippen LogP contribution in [0, 0.1) is 6.92 Å². The van der Waals surface area contributed by atoms with Crippen LogP contribution in [0.25, 0.3) is 0 Å². The van der Waals surface area contributed by atoms with Crippen LogP contribution in [0.2, 0.25) is 0 Å². The molecule has 28 heavy (non-hydrogen) atoms. The molecule has 3 unspecified atom stereocenters. The predicted octanol–water partition coefficient (Wildman–Crippen LogP) is -5.28. The molecule has 13 heteroatoms. The van der Waals surface area contributed by atoms with Gasteiger partial charge in [0.2, 0.25) is 0 Å². The van der Waals surface area contributed by atoms with Crippen LogP contribution in [0.5, 0.6) is 0 Å². The van der Waals surface area contributed by atoms with Crippen LogP contribution in [0.4, 0.5) is 0 Å². The Morgan fingerprint density at radius 3 is 2.29 bits per heavy atom. The van der Waals surface area contributed by atoms with E-state index in [4.69, 9.17) is 30.3 Å². The number of aryl methyl sites for hydroxylation is 1. The summed E-state index contributed by atoms with van der Waals surface area (Å²) in [5, 5.41) is 62.3. The molecule has 0 bridgehead atoms. The van der Waals surface area contributed by atoms with Gasteiger partial charge in [0.15, 0.2) is 12.5 Å². The molecular formula is C15H24N2O11. The molecule has 7 atom stereocenters. The van der Waals surface area contributed by atoms with Gasteiger partial charge in [-0.05, 0) is 6.92 Å². The molecule has 160 valence electrons. The first kappa shape index (κ1) is 24.1. The van der Waals surface area contributed by atoms with Crippen LogP contribution in [-0.2, 0) is 9.53 Å². The zero-order valence-corrected chi connectivity index (χ0v) is 14.8. The normalized spacial score (nSPS) is 27.4. The standard InChI is InChI=1S/C10H14N2O6.C5H10O5/c1-4-2-12(10(17)11-8(4)16)9-7(15)6(14)5(3-13)18-9;6-1-3(8)5(10)4(9)2-7/h2,5-7,9,13-15H,3H2,1H3,(H,11,16,17);1,3-5,7-10H,2H2/t5-,6-,7-,9-;/m1./s1. The van der Waals surface area contributed by atoms with Crippen molar-refractivity contribution < 1.29 is 45.3 Å². The van der Waals surface area contributed by atoms with Gasteiger partial charge >= 0.3 is 5.69 Å². The maximum Gasteiger partial charge on any atom is 0.330 e. The van der Waals surface area contributed by atoms with Crippen molar-refractivity contribution in [1.82, 2.24) is 9.55 Å². The largest absolute Gasteiger partial charge is 0.394 e. The second-order valence-corrected chi connectivity index (χ2v) is 6.07. The highest BCUT2D eigenvalue weighted by atomic mass is 16.6. The van der Waals surface area contributed by atoms with Crippen molar-refractivity contribution in [2.24, 2.45) is 0 Å². The minimum absolute atomic E-state index is 0.0869. The van der Waals surface area contributed by atoms with Crippen LogP contribution in [0.3, 0.4) is 0 Å². The van der Waals surface area contributed by atoms with E-state index < -0.39 is 67.3 Å². The number of aldehydes is 1. The topological polar surface area (TPSA) is 223 Å². The number of aliphatic hydroxyl groups excluding tert-OH is 7. The van der Waals surface area contributed by atoms with Gasteiger partial charge in [0.1, 0.15) is 36.6 Å². The van der Waals surface area contributed by atoms with Crippen LogP contribution in [-0.4, -0.2) is 101 Å². The Kier molecular flexibility index (Phi) is 9.06. The second kappa shape index (κ2) is 10.5. The first-order valence-electron chi connectivity index (χ1n) is 8.13. The molecule has 0 radical (unpaired) electrons. The SMILES string of the molecule is Cc1cn([C@@H]2O[C@H](CO)[C@@H](O)[C@H]2O)c(=O)[nH]c1=O.O=CC(O)C(O)C(O)CO. The van der Waals surface area contributed by atoms with Gasteiger partial charge in [-0.25, -0.2) is 4.79 Å². The minimum atomic E-state index is -1.64. The number of hydrogen-bond acceptors (Lipinski definition) is 11. The summed E-state index contributed by atoms with van der Waals surface area (Å²) < 4.78 is 6.17. The third-order valence-electron chi connectivity index (χ3n) is 4.01. The molecule has 1 saturated heterocycles. The fourth-order valence-electron chi connectivity index (χ4n) is 2.30. The number of carbonyl (C=O) groups excluding carboxylic acids is 1. The monoisotopic (exact) mass is 408 g/mol. The lowest BCUT2D eigenvalue weighted by Gasteiger charge is -2.17. The van der Waals surface area contributed by atoms with Crippen LogP contribution in [0.15, 0.2) is 15.8 Å². The number of nitrogens with zero attached hydrogens (tertiary/aromatic N) is 1. The molecule has 2 heterocycles. The van der Waals surface area contributed by atoms with Gasteiger partial charge in [-0.3, -0.25) is 14.3 Å². The second-order valence-electron chi connectivity index (χ2n) is 6.07. The molecule has 8 N–H and O–H groups in total. The Bertz CT molecular complexity index is 748. The lowest BCUT2D eigenvalue weighted by Crippen LogP contribution is -2.40. The van der Waals surface area contributed by atoms with Crippen molar-refractivity contribution in [3.8, 4) is 0 Å². The molecule has 0 amide bonds. The fraction of sp³-hybridized carbons (Fsp3) is 0.667. The number of nitrogens with one attached hydrogen (secondary N) is 1. The molecule has 0 aliphatic carbocycles. The van der Waals surface area contributed by atoms with Crippen molar-refractivity contribution in [2.75, 3.05) is 13.2 Å². The number of aliphatic hydroxyl groups is 7. The van der Waals surface area contributed by atoms with Gasteiger partial charge < -0.3 is 45.3 Å². The Morgan fingerprint density at radius 2 is 1.82 bits per heavy atom. The van der Waals surface area contributed by atoms with E-state index in [1.54, 1.807) is 0 Å². The summed E-state index contributed by atoms with van der Waals surface area (Å²) >= 11 is 0. The average Bonchev–Trinajstić information content (AvgIpc) is 2.97. The number of ether oxygens (including phenoxy) is 1. The van der Waals surface area contributed by atoms with Gasteiger partial charge in [0.05, 0.1) is 13.2 Å². The van der Waals surface area contributed by atoms with Gasteiger partial charge in [0, 0.05) is 11.8 Å². The number of rotatable bonds is 6. The Balaban J connectivity index is 0.000000336.